The first-order valence-corrected chi connectivity index (χ1v) is 12.8. The number of nitrogens with one attached hydrogen (secondary N) is 1. The molecule has 0 atom stereocenters. The highest BCUT2D eigenvalue weighted by Crippen LogP contribution is 2.09. The first-order valence-electron chi connectivity index (χ1n) is 9.89. The fraction of sp³-hybridized carbons (Fsp3) is 0.130. The zero-order valence-electron chi connectivity index (χ0n) is 18.5. The Bertz CT molecular complexity index is 1280. The fourth-order valence-corrected chi connectivity index (χ4v) is 3.48. The summed E-state index contributed by atoms with van der Waals surface area (Å²) < 4.78 is 59.1. The molecule has 2 heterocycles. The van der Waals surface area contributed by atoms with Crippen LogP contribution < -0.4 is 0 Å². The molecule has 3 N–H and O–H groups in total. The third-order valence-corrected chi connectivity index (χ3v) is 6.07. The van der Waals surface area contributed by atoms with Gasteiger partial charge >= 0.3 is 0 Å². The summed E-state index contributed by atoms with van der Waals surface area (Å²) in [5, 5.41) is 0. The third kappa shape index (κ3) is 9.63. The number of hydrogen-bond donors (Lipinski definition) is 3. The third-order valence-electron chi connectivity index (χ3n) is 4.34. The number of imidazole rings is 1. The number of H-pyrrole nitrogens is 1. The van der Waals surface area contributed by atoms with Crippen LogP contribution in [0.1, 0.15) is 22.4 Å². The highest BCUT2D eigenvalue weighted by Gasteiger charge is 2.07. The van der Waals surface area contributed by atoms with Crippen molar-refractivity contribution in [3.8, 4) is 0 Å². The van der Waals surface area contributed by atoms with Crippen LogP contribution in [-0.4, -0.2) is 40.9 Å². The second-order valence-electron chi connectivity index (χ2n) is 7.19. The number of rotatable bonds is 4. The number of hydrogen-bond acceptors (Lipinski definition) is 6. The maximum absolute atomic E-state index is 10.5. The van der Waals surface area contributed by atoms with Gasteiger partial charge in [-0.25, -0.2) is 4.98 Å². The molecule has 0 fully saturated rings. The van der Waals surface area contributed by atoms with E-state index in [2.05, 4.69) is 15.0 Å². The molecule has 11 heteroatoms. The lowest BCUT2D eigenvalue weighted by atomic mass is 10.2. The Hall–Kier alpha value is -3.38. The Morgan fingerprint density at radius 3 is 1.50 bits per heavy atom. The Labute approximate surface area is 199 Å². The molecule has 0 aliphatic carbocycles. The van der Waals surface area contributed by atoms with Crippen LogP contribution in [-0.2, 0) is 26.7 Å². The maximum atomic E-state index is 10.5. The number of aromatic amines is 1. The fourth-order valence-electron chi connectivity index (χ4n) is 2.52. The molecule has 0 aliphatic rings. The summed E-state index contributed by atoms with van der Waals surface area (Å²) in [7, 11) is -8.04. The maximum Gasteiger partial charge on any atom is 0.294 e. The van der Waals surface area contributed by atoms with Crippen LogP contribution in [0.4, 0.5) is 0 Å². The Morgan fingerprint density at radius 1 is 0.706 bits per heavy atom. The van der Waals surface area contributed by atoms with Crippen molar-refractivity contribution < 1.29 is 25.9 Å². The van der Waals surface area contributed by atoms with Crippen molar-refractivity contribution >= 4 is 20.2 Å². The number of pyridine rings is 1. The molecular formula is C23H25N3O6S2. The van der Waals surface area contributed by atoms with Gasteiger partial charge in [0, 0.05) is 30.7 Å². The topological polar surface area (TPSA) is 150 Å². The first kappa shape index (κ1) is 26.9. The van der Waals surface area contributed by atoms with Crippen molar-refractivity contribution in [1.29, 1.82) is 0 Å². The molecule has 0 amide bonds. The summed E-state index contributed by atoms with van der Waals surface area (Å²) in [4.78, 5) is 10.8. The van der Waals surface area contributed by atoms with E-state index >= 15 is 0 Å². The average molecular weight is 504 g/mol. The predicted octanol–water partition coefficient (Wildman–Crippen LogP) is 3.88. The number of aromatic nitrogens is 3. The molecule has 4 rings (SSSR count). The quantitative estimate of drug-likeness (QED) is 0.355. The van der Waals surface area contributed by atoms with Crippen LogP contribution in [0.3, 0.4) is 0 Å². The molecule has 0 bridgehead atoms. The summed E-state index contributed by atoms with van der Waals surface area (Å²) in [6, 6.07) is 16.0. The first-order chi connectivity index (χ1) is 15.9. The Kier molecular flexibility index (Phi) is 9.63. The van der Waals surface area contributed by atoms with Crippen LogP contribution in [0.25, 0.3) is 0 Å². The van der Waals surface area contributed by atoms with Crippen molar-refractivity contribution in [2.75, 3.05) is 0 Å². The van der Waals surface area contributed by atoms with E-state index in [4.69, 9.17) is 9.11 Å². The monoisotopic (exact) mass is 503 g/mol. The van der Waals surface area contributed by atoms with Crippen LogP contribution in [0.5, 0.6) is 0 Å². The van der Waals surface area contributed by atoms with Crippen molar-refractivity contribution in [2.45, 2.75) is 30.1 Å². The van der Waals surface area contributed by atoms with E-state index in [0.717, 1.165) is 23.2 Å². The van der Waals surface area contributed by atoms with Crippen molar-refractivity contribution in [2.24, 2.45) is 0 Å². The molecule has 0 unspecified atom stereocenters. The van der Waals surface area contributed by atoms with Crippen molar-refractivity contribution in [3.05, 3.63) is 108 Å². The van der Waals surface area contributed by atoms with Crippen LogP contribution in [0, 0.1) is 13.8 Å². The van der Waals surface area contributed by atoms with Crippen molar-refractivity contribution in [3.63, 3.8) is 0 Å². The highest BCUT2D eigenvalue weighted by molar-refractivity contribution is 7.86. The summed E-state index contributed by atoms with van der Waals surface area (Å²) in [6.45, 7) is 3.68. The molecule has 34 heavy (non-hydrogen) atoms. The van der Waals surface area contributed by atoms with Crippen LogP contribution in [0.15, 0.2) is 95.4 Å². The van der Waals surface area contributed by atoms with Gasteiger partial charge in [-0.15, -0.1) is 0 Å². The van der Waals surface area contributed by atoms with E-state index in [1.807, 2.05) is 32.2 Å². The molecule has 180 valence electrons. The van der Waals surface area contributed by atoms with Gasteiger partial charge in [0.05, 0.1) is 16.1 Å². The number of nitrogens with zero attached hydrogens (tertiary/aromatic N) is 2. The predicted molar refractivity (Wildman–Crippen MR) is 128 cm³/mol. The number of aryl methyl sites for hydroxylation is 2. The Balaban J connectivity index is 0.000000181. The Morgan fingerprint density at radius 2 is 1.15 bits per heavy atom. The average Bonchev–Trinajstić information content (AvgIpc) is 3.28. The summed E-state index contributed by atoms with van der Waals surface area (Å²) in [6.07, 6.45) is 8.01. The van der Waals surface area contributed by atoms with E-state index in [-0.39, 0.29) is 9.79 Å². The highest BCUT2D eigenvalue weighted by atomic mass is 32.2. The second-order valence-corrected chi connectivity index (χ2v) is 10.0. The second kappa shape index (κ2) is 12.2. The normalized spacial score (nSPS) is 10.9. The SMILES string of the molecule is Cc1ccc(S(=O)(=O)O)cc1.Cc1ccc(S(=O)(=O)O)cc1.c1cc(Cc2cnc[nH]2)ccn1. The minimum Gasteiger partial charge on any atom is -0.348 e. The molecule has 0 saturated heterocycles. The van der Waals surface area contributed by atoms with Gasteiger partial charge in [0.25, 0.3) is 20.2 Å². The molecule has 0 saturated carbocycles. The van der Waals surface area contributed by atoms with Gasteiger partial charge in [0.1, 0.15) is 0 Å². The molecule has 0 spiro atoms. The van der Waals surface area contributed by atoms with E-state index in [9.17, 15) is 16.8 Å². The van der Waals surface area contributed by atoms with Crippen molar-refractivity contribution in [1.82, 2.24) is 15.0 Å². The molecule has 2 aromatic carbocycles. The van der Waals surface area contributed by atoms with E-state index in [1.165, 1.54) is 29.8 Å². The van der Waals surface area contributed by atoms with Gasteiger partial charge < -0.3 is 4.98 Å². The lowest BCUT2D eigenvalue weighted by Crippen LogP contribution is -1.96. The number of benzene rings is 2. The van der Waals surface area contributed by atoms with Gasteiger partial charge in [0.15, 0.2) is 0 Å². The summed E-state index contributed by atoms with van der Waals surface area (Å²) in [5.41, 5.74) is 4.28. The molecule has 9 nitrogen and oxygen atoms in total. The van der Waals surface area contributed by atoms with E-state index in [0.29, 0.717) is 0 Å². The van der Waals surface area contributed by atoms with Gasteiger partial charge in [-0.05, 0) is 55.8 Å². The van der Waals surface area contributed by atoms with Gasteiger partial charge in [0.2, 0.25) is 0 Å². The lowest BCUT2D eigenvalue weighted by molar-refractivity contribution is 0.481. The lowest BCUT2D eigenvalue weighted by Gasteiger charge is -1.95. The zero-order chi connectivity index (χ0) is 25.2. The molecule has 2 aromatic heterocycles. The molecule has 0 aliphatic heterocycles. The summed E-state index contributed by atoms with van der Waals surface area (Å²) >= 11 is 0. The zero-order valence-corrected chi connectivity index (χ0v) is 20.2. The smallest absolute Gasteiger partial charge is 0.294 e. The van der Waals surface area contributed by atoms with E-state index in [1.54, 1.807) is 43.0 Å². The van der Waals surface area contributed by atoms with Gasteiger partial charge in [-0.3, -0.25) is 14.1 Å². The van der Waals surface area contributed by atoms with Gasteiger partial charge in [-0.2, -0.15) is 16.8 Å². The van der Waals surface area contributed by atoms with Crippen LogP contribution in [0.2, 0.25) is 0 Å². The molecule has 0 radical (unpaired) electrons. The largest absolute Gasteiger partial charge is 0.348 e. The summed E-state index contributed by atoms with van der Waals surface area (Å²) in [5.74, 6) is 0. The van der Waals surface area contributed by atoms with E-state index < -0.39 is 20.2 Å². The molecule has 4 aromatic rings. The van der Waals surface area contributed by atoms with Gasteiger partial charge in [-0.1, -0.05) is 35.4 Å². The minimum atomic E-state index is -4.02. The standard InChI is InChI=1S/C9H9N3.2C7H8O3S/c1-3-10-4-2-8(1)5-9-6-11-7-12-9;2*1-6-2-4-7(5-3-6)11(8,9)10/h1-4,6-7H,5H2,(H,11,12);2*2-5H,1H3,(H,8,9,10). The minimum absolute atomic E-state index is 0.0666. The van der Waals surface area contributed by atoms with Crippen LogP contribution >= 0.6 is 0 Å². The molecular weight excluding hydrogens is 478 g/mol.